The standard InChI is InChI=1S/C27H43N6O12P/c1-2-28-27(41)22(15-20-3-5-21(6-4-20)45-46(42,43)44)29-23(34)16-30-7-9-31(17-24(35)36)11-13-33(19-26(39)40)14-12-32(10-8-30)18-25(37)38/h3-6,22H,2,7-19H2,1H3,(H,28,41)(H,29,34)(H,35,36)(H,37,38)(H,39,40)(H2,42,43,44)/t22-/m1/s1. The Bertz CT molecular complexity index is 1200. The van der Waals surface area contributed by atoms with Gasteiger partial charge >= 0.3 is 25.7 Å². The molecule has 46 heavy (non-hydrogen) atoms. The van der Waals surface area contributed by atoms with E-state index in [0.717, 1.165) is 0 Å². The first kappa shape index (κ1) is 38.5. The van der Waals surface area contributed by atoms with Crippen LogP contribution in [0.5, 0.6) is 5.75 Å². The summed E-state index contributed by atoms with van der Waals surface area (Å²) in [4.78, 5) is 85.1. The minimum Gasteiger partial charge on any atom is -0.480 e. The van der Waals surface area contributed by atoms with Gasteiger partial charge in [-0.15, -0.1) is 0 Å². The third-order valence-electron chi connectivity index (χ3n) is 6.96. The Morgan fingerprint density at radius 2 is 1.13 bits per heavy atom. The van der Waals surface area contributed by atoms with Crippen LogP contribution in [0.3, 0.4) is 0 Å². The van der Waals surface area contributed by atoms with Crippen LogP contribution in [0.4, 0.5) is 0 Å². The number of benzene rings is 1. The summed E-state index contributed by atoms with van der Waals surface area (Å²) < 4.78 is 15.6. The quantitative estimate of drug-likeness (QED) is 0.0975. The van der Waals surface area contributed by atoms with E-state index in [-0.39, 0.29) is 90.7 Å². The molecule has 1 aliphatic heterocycles. The molecule has 7 N–H and O–H groups in total. The van der Waals surface area contributed by atoms with E-state index < -0.39 is 43.6 Å². The fourth-order valence-electron chi connectivity index (χ4n) is 4.79. The Labute approximate surface area is 266 Å². The molecule has 1 saturated heterocycles. The van der Waals surface area contributed by atoms with Gasteiger partial charge < -0.3 is 30.5 Å². The second-order valence-corrected chi connectivity index (χ2v) is 11.9. The lowest BCUT2D eigenvalue weighted by atomic mass is 10.0. The van der Waals surface area contributed by atoms with Gasteiger partial charge in [-0.2, -0.15) is 0 Å². The number of rotatable bonds is 15. The molecular weight excluding hydrogens is 631 g/mol. The van der Waals surface area contributed by atoms with Crippen molar-refractivity contribution in [2.24, 2.45) is 0 Å². The van der Waals surface area contributed by atoms with Gasteiger partial charge in [-0.05, 0) is 24.6 Å². The molecule has 18 nitrogen and oxygen atoms in total. The number of nitrogens with zero attached hydrogens (tertiary/aromatic N) is 4. The summed E-state index contributed by atoms with van der Waals surface area (Å²) in [6, 6.07) is 4.67. The Morgan fingerprint density at radius 3 is 1.48 bits per heavy atom. The van der Waals surface area contributed by atoms with Crippen molar-refractivity contribution in [1.82, 2.24) is 30.2 Å². The van der Waals surface area contributed by atoms with Gasteiger partial charge in [0, 0.05) is 65.3 Å². The molecule has 0 aromatic heterocycles. The van der Waals surface area contributed by atoms with Crippen molar-refractivity contribution in [3.05, 3.63) is 29.8 Å². The number of nitrogens with one attached hydrogen (secondary N) is 2. The molecule has 0 aliphatic carbocycles. The number of carboxylic acids is 3. The molecule has 1 aromatic carbocycles. The minimum absolute atomic E-state index is 0.0549. The number of phosphoric acid groups is 1. The van der Waals surface area contributed by atoms with Crippen LogP contribution in [0.1, 0.15) is 12.5 Å². The van der Waals surface area contributed by atoms with Crippen LogP contribution >= 0.6 is 7.82 Å². The van der Waals surface area contributed by atoms with Crippen molar-refractivity contribution < 1.29 is 58.2 Å². The molecule has 2 amide bonds. The zero-order chi connectivity index (χ0) is 34.3. The van der Waals surface area contributed by atoms with Crippen molar-refractivity contribution in [3.63, 3.8) is 0 Å². The lowest BCUT2D eigenvalue weighted by Crippen LogP contribution is -2.52. The topological polar surface area (TPSA) is 250 Å². The van der Waals surface area contributed by atoms with E-state index in [1.165, 1.54) is 24.3 Å². The van der Waals surface area contributed by atoms with E-state index in [1.807, 2.05) is 0 Å². The van der Waals surface area contributed by atoms with Crippen molar-refractivity contribution >= 4 is 37.5 Å². The molecule has 0 spiro atoms. The third-order valence-corrected chi connectivity index (χ3v) is 7.41. The Balaban J connectivity index is 2.18. The van der Waals surface area contributed by atoms with Crippen LogP contribution in [0, 0.1) is 0 Å². The summed E-state index contributed by atoms with van der Waals surface area (Å²) in [6.45, 7) is 2.79. The van der Waals surface area contributed by atoms with Crippen LogP contribution < -0.4 is 15.2 Å². The highest BCUT2D eigenvalue weighted by Gasteiger charge is 2.25. The molecular formula is C27H43N6O12P. The molecule has 1 fully saturated rings. The first-order valence-electron chi connectivity index (χ1n) is 14.6. The zero-order valence-corrected chi connectivity index (χ0v) is 26.5. The Morgan fingerprint density at radius 1 is 0.739 bits per heavy atom. The highest BCUT2D eigenvalue weighted by molar-refractivity contribution is 7.46. The van der Waals surface area contributed by atoms with Gasteiger partial charge in [-0.3, -0.25) is 53.4 Å². The molecule has 1 aliphatic rings. The average molecular weight is 675 g/mol. The summed E-state index contributed by atoms with van der Waals surface area (Å²) in [7, 11) is -4.75. The molecule has 0 bridgehead atoms. The maximum absolute atomic E-state index is 13.3. The summed E-state index contributed by atoms with van der Waals surface area (Å²) in [5, 5.41) is 33.5. The van der Waals surface area contributed by atoms with Crippen molar-refractivity contribution in [2.45, 2.75) is 19.4 Å². The first-order valence-corrected chi connectivity index (χ1v) is 16.1. The number of hydrogen-bond donors (Lipinski definition) is 7. The molecule has 258 valence electrons. The number of carbonyl (C=O) groups excluding carboxylic acids is 2. The maximum Gasteiger partial charge on any atom is 0.524 e. The number of likely N-dealkylation sites (N-methyl/N-ethyl adjacent to an activating group) is 1. The second kappa shape index (κ2) is 19.1. The largest absolute Gasteiger partial charge is 0.524 e. The van der Waals surface area contributed by atoms with Gasteiger partial charge in [0.05, 0.1) is 26.2 Å². The third kappa shape index (κ3) is 16.1. The average Bonchev–Trinajstić information content (AvgIpc) is 2.93. The predicted octanol–water partition coefficient (Wildman–Crippen LogP) is -2.20. The highest BCUT2D eigenvalue weighted by atomic mass is 31.2. The second-order valence-electron chi connectivity index (χ2n) is 10.7. The monoisotopic (exact) mass is 674 g/mol. The molecule has 1 heterocycles. The molecule has 0 saturated carbocycles. The van der Waals surface area contributed by atoms with Gasteiger partial charge in [0.15, 0.2) is 0 Å². The lowest BCUT2D eigenvalue weighted by molar-refractivity contribution is -0.140. The summed E-state index contributed by atoms with van der Waals surface area (Å²) in [5.74, 6) is -4.23. The highest BCUT2D eigenvalue weighted by Crippen LogP contribution is 2.37. The number of hydrogen-bond acceptors (Lipinski definition) is 11. The van der Waals surface area contributed by atoms with Crippen molar-refractivity contribution in [1.29, 1.82) is 0 Å². The first-order chi connectivity index (χ1) is 21.6. The lowest BCUT2D eigenvalue weighted by Gasteiger charge is -2.33. The van der Waals surface area contributed by atoms with E-state index in [0.29, 0.717) is 12.1 Å². The van der Waals surface area contributed by atoms with Crippen LogP contribution in [-0.4, -0.2) is 166 Å². The van der Waals surface area contributed by atoms with Crippen molar-refractivity contribution in [3.8, 4) is 5.75 Å². The summed E-state index contributed by atoms with van der Waals surface area (Å²) in [6.07, 6.45) is 0.0549. The van der Waals surface area contributed by atoms with Crippen LogP contribution in [-0.2, 0) is 35.0 Å². The molecule has 0 unspecified atom stereocenters. The number of phosphoric ester groups is 1. The Kier molecular flexibility index (Phi) is 16.0. The maximum atomic E-state index is 13.3. The minimum atomic E-state index is -4.75. The smallest absolute Gasteiger partial charge is 0.480 e. The fourth-order valence-corrected chi connectivity index (χ4v) is 5.19. The molecule has 0 radical (unpaired) electrons. The van der Waals surface area contributed by atoms with Gasteiger partial charge in [0.25, 0.3) is 0 Å². The Hall–Kier alpha value is -3.64. The van der Waals surface area contributed by atoms with Gasteiger partial charge in [-0.1, -0.05) is 12.1 Å². The predicted molar refractivity (Wildman–Crippen MR) is 162 cm³/mol. The molecule has 1 aromatic rings. The van der Waals surface area contributed by atoms with E-state index in [9.17, 15) is 43.9 Å². The van der Waals surface area contributed by atoms with Crippen LogP contribution in [0.25, 0.3) is 0 Å². The van der Waals surface area contributed by atoms with E-state index in [2.05, 4.69) is 15.2 Å². The van der Waals surface area contributed by atoms with Gasteiger partial charge in [-0.25, -0.2) is 4.57 Å². The number of aliphatic carboxylic acids is 3. The molecule has 2 rings (SSSR count). The van der Waals surface area contributed by atoms with Gasteiger partial charge in [0.1, 0.15) is 11.8 Å². The molecule has 19 heteroatoms. The van der Waals surface area contributed by atoms with E-state index >= 15 is 0 Å². The van der Waals surface area contributed by atoms with Crippen molar-refractivity contribution in [2.75, 3.05) is 85.1 Å². The molecule has 1 atom stereocenters. The summed E-state index contributed by atoms with van der Waals surface area (Å²) >= 11 is 0. The fraction of sp³-hybridized carbons (Fsp3) is 0.593. The number of amides is 2. The number of carboxylic acid groups (broad SMARTS) is 3. The van der Waals surface area contributed by atoms with Gasteiger partial charge in [0.2, 0.25) is 11.8 Å². The van der Waals surface area contributed by atoms with E-state index in [1.54, 1.807) is 26.5 Å². The zero-order valence-electron chi connectivity index (χ0n) is 25.6. The summed E-state index contributed by atoms with van der Waals surface area (Å²) in [5.41, 5.74) is 0.575. The SMILES string of the molecule is CCNC(=O)[C@@H](Cc1ccc(OP(=O)(O)O)cc1)NC(=O)CN1CCN(CC(=O)O)CCN(CC(=O)O)CCN(CC(=O)O)CC1. The van der Waals surface area contributed by atoms with E-state index in [4.69, 9.17) is 9.79 Å². The number of carbonyl (C=O) groups is 5. The van der Waals surface area contributed by atoms with Crippen LogP contribution in [0.2, 0.25) is 0 Å². The van der Waals surface area contributed by atoms with Crippen LogP contribution in [0.15, 0.2) is 24.3 Å². The normalized spacial score (nSPS) is 17.2.